The smallest absolute Gasteiger partial charge is 0.134 e. The van der Waals surface area contributed by atoms with Gasteiger partial charge >= 0.3 is 0 Å². The molecule has 0 atom stereocenters. The number of halogens is 2. The summed E-state index contributed by atoms with van der Waals surface area (Å²) in [7, 11) is 0. The Morgan fingerprint density at radius 2 is 1.84 bits per heavy atom. The highest BCUT2D eigenvalue weighted by atomic mass is 79.9. The summed E-state index contributed by atoms with van der Waals surface area (Å²) < 4.78 is 1.07. The van der Waals surface area contributed by atoms with Crippen LogP contribution in [0.3, 0.4) is 0 Å². The van der Waals surface area contributed by atoms with E-state index in [1.54, 1.807) is 0 Å². The van der Waals surface area contributed by atoms with Crippen molar-refractivity contribution in [1.29, 1.82) is 0 Å². The standard InChI is InChI=1S/C15H16BrClN2/c1-10(2)7-13-9-14(17)19-15(18-13)8-11-3-5-12(16)6-4-11/h3-6,9-10H,7-8H2,1-2H3. The molecule has 0 spiro atoms. The van der Waals surface area contributed by atoms with Crippen LogP contribution in [0.5, 0.6) is 0 Å². The molecule has 0 unspecified atom stereocenters. The Labute approximate surface area is 127 Å². The monoisotopic (exact) mass is 338 g/mol. The van der Waals surface area contributed by atoms with Gasteiger partial charge in [-0.15, -0.1) is 0 Å². The molecule has 1 aromatic carbocycles. The maximum Gasteiger partial charge on any atom is 0.134 e. The minimum absolute atomic E-state index is 0.526. The van der Waals surface area contributed by atoms with Gasteiger partial charge in [-0.3, -0.25) is 0 Å². The van der Waals surface area contributed by atoms with Crippen LogP contribution in [-0.4, -0.2) is 9.97 Å². The molecule has 0 saturated heterocycles. The lowest BCUT2D eigenvalue weighted by atomic mass is 10.1. The number of rotatable bonds is 4. The number of aromatic nitrogens is 2. The molecule has 19 heavy (non-hydrogen) atoms. The first-order chi connectivity index (χ1) is 9.02. The van der Waals surface area contributed by atoms with E-state index in [1.807, 2.05) is 18.2 Å². The van der Waals surface area contributed by atoms with Gasteiger partial charge in [0.15, 0.2) is 0 Å². The molecule has 1 aromatic heterocycles. The molecule has 4 heteroatoms. The molecule has 0 saturated carbocycles. The molecule has 0 radical (unpaired) electrons. The van der Waals surface area contributed by atoms with Gasteiger partial charge in [0.1, 0.15) is 11.0 Å². The van der Waals surface area contributed by atoms with Crippen LogP contribution in [0.15, 0.2) is 34.8 Å². The summed E-state index contributed by atoms with van der Waals surface area (Å²) in [5.41, 5.74) is 2.20. The van der Waals surface area contributed by atoms with Gasteiger partial charge in [-0.25, -0.2) is 9.97 Å². The van der Waals surface area contributed by atoms with Crippen LogP contribution in [0.2, 0.25) is 5.15 Å². The minimum Gasteiger partial charge on any atom is -0.237 e. The van der Waals surface area contributed by atoms with Crippen molar-refractivity contribution in [3.05, 3.63) is 57.0 Å². The molecule has 2 rings (SSSR count). The number of nitrogens with zero attached hydrogens (tertiary/aromatic N) is 2. The predicted octanol–water partition coefficient (Wildman–Crippen LogP) is 4.68. The number of hydrogen-bond acceptors (Lipinski definition) is 2. The van der Waals surface area contributed by atoms with Gasteiger partial charge in [0, 0.05) is 16.6 Å². The van der Waals surface area contributed by atoms with E-state index in [-0.39, 0.29) is 0 Å². The zero-order chi connectivity index (χ0) is 13.8. The lowest BCUT2D eigenvalue weighted by molar-refractivity contribution is 0.631. The fourth-order valence-corrected chi connectivity index (χ4v) is 2.39. The molecule has 100 valence electrons. The third-order valence-electron chi connectivity index (χ3n) is 2.69. The molecule has 2 aromatic rings. The number of hydrogen-bond donors (Lipinski definition) is 0. The van der Waals surface area contributed by atoms with Crippen molar-refractivity contribution in [3.63, 3.8) is 0 Å². The van der Waals surface area contributed by atoms with E-state index in [9.17, 15) is 0 Å². The summed E-state index contributed by atoms with van der Waals surface area (Å²) in [6.07, 6.45) is 1.63. The van der Waals surface area contributed by atoms with Crippen molar-refractivity contribution >= 4 is 27.5 Å². The maximum absolute atomic E-state index is 6.07. The van der Waals surface area contributed by atoms with Crippen LogP contribution in [0.4, 0.5) is 0 Å². The van der Waals surface area contributed by atoms with E-state index in [1.165, 1.54) is 5.56 Å². The van der Waals surface area contributed by atoms with Gasteiger partial charge in [-0.1, -0.05) is 53.5 Å². The first-order valence-corrected chi connectivity index (χ1v) is 7.47. The summed E-state index contributed by atoms with van der Waals surface area (Å²) in [6.45, 7) is 4.34. The van der Waals surface area contributed by atoms with E-state index < -0.39 is 0 Å². The minimum atomic E-state index is 0.526. The first-order valence-electron chi connectivity index (χ1n) is 6.29. The molecule has 0 fully saturated rings. The quantitative estimate of drug-likeness (QED) is 0.756. The van der Waals surface area contributed by atoms with E-state index in [0.29, 0.717) is 17.5 Å². The average Bonchev–Trinajstić information content (AvgIpc) is 2.30. The summed E-state index contributed by atoms with van der Waals surface area (Å²) in [6, 6.07) is 10.0. The summed E-state index contributed by atoms with van der Waals surface area (Å²) >= 11 is 9.50. The summed E-state index contributed by atoms with van der Waals surface area (Å²) in [5, 5.41) is 0.526. The van der Waals surface area contributed by atoms with E-state index in [2.05, 4.69) is 51.9 Å². The highest BCUT2D eigenvalue weighted by molar-refractivity contribution is 9.10. The van der Waals surface area contributed by atoms with Crippen LogP contribution in [-0.2, 0) is 12.8 Å². The van der Waals surface area contributed by atoms with Gasteiger partial charge in [0.25, 0.3) is 0 Å². The predicted molar refractivity (Wildman–Crippen MR) is 82.5 cm³/mol. The molecular formula is C15H16BrClN2. The van der Waals surface area contributed by atoms with Crippen molar-refractivity contribution in [2.75, 3.05) is 0 Å². The van der Waals surface area contributed by atoms with Gasteiger partial charge in [-0.05, 0) is 36.1 Å². The SMILES string of the molecule is CC(C)Cc1cc(Cl)nc(Cc2ccc(Br)cc2)n1. The highest BCUT2D eigenvalue weighted by Gasteiger charge is 2.06. The Morgan fingerprint density at radius 1 is 1.16 bits per heavy atom. The molecule has 0 N–H and O–H groups in total. The molecule has 2 nitrogen and oxygen atoms in total. The topological polar surface area (TPSA) is 25.8 Å². The molecular weight excluding hydrogens is 324 g/mol. The maximum atomic E-state index is 6.07. The van der Waals surface area contributed by atoms with Crippen LogP contribution in [0, 0.1) is 5.92 Å². The van der Waals surface area contributed by atoms with Gasteiger partial charge in [0.2, 0.25) is 0 Å². The Hall–Kier alpha value is -0.930. The lowest BCUT2D eigenvalue weighted by Gasteiger charge is -2.07. The zero-order valence-corrected chi connectivity index (χ0v) is 13.4. The van der Waals surface area contributed by atoms with Gasteiger partial charge in [-0.2, -0.15) is 0 Å². The summed E-state index contributed by atoms with van der Waals surface area (Å²) in [4.78, 5) is 8.89. The zero-order valence-electron chi connectivity index (χ0n) is 11.0. The van der Waals surface area contributed by atoms with E-state index >= 15 is 0 Å². The van der Waals surface area contributed by atoms with Crippen LogP contribution in [0.25, 0.3) is 0 Å². The lowest BCUT2D eigenvalue weighted by Crippen LogP contribution is -2.03. The molecule has 0 bridgehead atoms. The largest absolute Gasteiger partial charge is 0.237 e. The third-order valence-corrected chi connectivity index (χ3v) is 3.41. The van der Waals surface area contributed by atoms with E-state index in [0.717, 1.165) is 22.4 Å². The number of benzene rings is 1. The fourth-order valence-electron chi connectivity index (χ4n) is 1.90. The highest BCUT2D eigenvalue weighted by Crippen LogP contribution is 2.15. The normalized spacial score (nSPS) is 11.0. The Balaban J connectivity index is 2.19. The molecule has 0 amide bonds. The fraction of sp³-hybridized carbons (Fsp3) is 0.333. The second-order valence-electron chi connectivity index (χ2n) is 5.00. The average molecular weight is 340 g/mol. The van der Waals surface area contributed by atoms with Crippen molar-refractivity contribution in [2.24, 2.45) is 5.92 Å². The van der Waals surface area contributed by atoms with Gasteiger partial charge < -0.3 is 0 Å². The second-order valence-corrected chi connectivity index (χ2v) is 6.30. The molecule has 0 aliphatic rings. The van der Waals surface area contributed by atoms with Crippen molar-refractivity contribution < 1.29 is 0 Å². The van der Waals surface area contributed by atoms with Gasteiger partial charge in [0.05, 0.1) is 0 Å². The Morgan fingerprint density at radius 3 is 2.47 bits per heavy atom. The molecule has 0 aliphatic heterocycles. The van der Waals surface area contributed by atoms with Crippen molar-refractivity contribution in [3.8, 4) is 0 Å². The molecule has 0 aliphatic carbocycles. The van der Waals surface area contributed by atoms with Crippen LogP contribution >= 0.6 is 27.5 Å². The summed E-state index contributed by atoms with van der Waals surface area (Å²) in [5.74, 6) is 1.34. The molecule has 1 heterocycles. The Kier molecular flexibility index (Phi) is 4.94. The Bertz CT molecular complexity index is 553. The van der Waals surface area contributed by atoms with E-state index in [4.69, 9.17) is 11.6 Å². The second kappa shape index (κ2) is 6.49. The van der Waals surface area contributed by atoms with Crippen LogP contribution in [0.1, 0.15) is 30.9 Å². The third kappa shape index (κ3) is 4.59. The van der Waals surface area contributed by atoms with Crippen molar-refractivity contribution in [1.82, 2.24) is 9.97 Å². The first kappa shape index (κ1) is 14.5. The van der Waals surface area contributed by atoms with Crippen LogP contribution < -0.4 is 0 Å². The van der Waals surface area contributed by atoms with Crippen molar-refractivity contribution in [2.45, 2.75) is 26.7 Å².